The van der Waals surface area contributed by atoms with Crippen LogP contribution in [-0.2, 0) is 17.0 Å². The average molecular weight is 486 g/mol. The van der Waals surface area contributed by atoms with Crippen LogP contribution in [0.3, 0.4) is 0 Å². The van der Waals surface area contributed by atoms with Crippen molar-refractivity contribution in [1.29, 1.82) is 0 Å². The zero-order chi connectivity index (χ0) is 20.8. The second-order valence-electron chi connectivity index (χ2n) is 6.16. The maximum atomic E-state index is 12.1. The third kappa shape index (κ3) is 5.51. The fourth-order valence-electron chi connectivity index (χ4n) is 2.50. The van der Waals surface area contributed by atoms with Crippen LogP contribution in [0.2, 0.25) is 0 Å². The summed E-state index contributed by atoms with van der Waals surface area (Å²) in [6.07, 6.45) is 4.03. The Morgan fingerprint density at radius 3 is 2.87 bits per heavy atom. The van der Waals surface area contributed by atoms with Crippen LogP contribution < -0.4 is 5.32 Å². The summed E-state index contributed by atoms with van der Waals surface area (Å²) in [5.74, 6) is 1.93. The fourth-order valence-corrected chi connectivity index (χ4v) is 3.41. The van der Waals surface area contributed by atoms with Gasteiger partial charge in [0, 0.05) is 41.0 Å². The van der Waals surface area contributed by atoms with E-state index in [1.807, 2.05) is 36.4 Å². The predicted molar refractivity (Wildman–Crippen MR) is 115 cm³/mol. The maximum absolute atomic E-state index is 12.1. The van der Waals surface area contributed by atoms with Crippen molar-refractivity contribution in [2.45, 2.75) is 23.8 Å². The minimum atomic E-state index is -0.116. The molecule has 0 atom stereocenters. The number of amides is 1. The van der Waals surface area contributed by atoms with E-state index in [1.54, 1.807) is 12.4 Å². The van der Waals surface area contributed by atoms with Crippen molar-refractivity contribution in [2.24, 2.45) is 0 Å². The highest BCUT2D eigenvalue weighted by atomic mass is 79.9. The molecular weight excluding hydrogens is 470 g/mol. The molecule has 0 saturated heterocycles. The summed E-state index contributed by atoms with van der Waals surface area (Å²) in [4.78, 5) is 24.9. The van der Waals surface area contributed by atoms with E-state index in [9.17, 15) is 4.79 Å². The van der Waals surface area contributed by atoms with E-state index < -0.39 is 0 Å². The van der Waals surface area contributed by atoms with Gasteiger partial charge < -0.3 is 9.84 Å². The van der Waals surface area contributed by atoms with E-state index in [0.29, 0.717) is 34.9 Å². The number of aromatic nitrogens is 6. The number of benzene rings is 1. The molecule has 0 aliphatic carbocycles. The van der Waals surface area contributed by atoms with Crippen molar-refractivity contribution in [1.82, 2.24) is 30.3 Å². The molecule has 4 rings (SSSR count). The first kappa shape index (κ1) is 20.2. The summed E-state index contributed by atoms with van der Waals surface area (Å²) in [7, 11) is 0. The lowest BCUT2D eigenvalue weighted by molar-refractivity contribution is -0.116. The first-order valence-electron chi connectivity index (χ1n) is 8.98. The Morgan fingerprint density at radius 2 is 2.07 bits per heavy atom. The van der Waals surface area contributed by atoms with Gasteiger partial charge in [0.25, 0.3) is 0 Å². The van der Waals surface area contributed by atoms with Crippen LogP contribution in [-0.4, -0.2) is 36.2 Å². The number of thioether (sulfide) groups is 1. The van der Waals surface area contributed by atoms with Gasteiger partial charge in [0.1, 0.15) is 0 Å². The normalized spacial score (nSPS) is 10.8. The lowest BCUT2D eigenvalue weighted by atomic mass is 10.2. The van der Waals surface area contributed by atoms with Gasteiger partial charge >= 0.3 is 0 Å². The highest BCUT2D eigenvalue weighted by Crippen LogP contribution is 2.21. The Hall–Kier alpha value is -3.05. The van der Waals surface area contributed by atoms with E-state index in [0.717, 1.165) is 15.7 Å². The van der Waals surface area contributed by atoms with Gasteiger partial charge in [0.15, 0.2) is 11.6 Å². The lowest BCUT2D eigenvalue weighted by Gasteiger charge is -2.03. The van der Waals surface area contributed by atoms with Crippen LogP contribution in [0.1, 0.15) is 18.1 Å². The van der Waals surface area contributed by atoms with Crippen molar-refractivity contribution < 1.29 is 9.32 Å². The zero-order valence-corrected chi connectivity index (χ0v) is 18.0. The predicted octanol–water partition coefficient (Wildman–Crippen LogP) is 3.88. The quantitative estimate of drug-likeness (QED) is 0.360. The number of hydrogen-bond donors (Lipinski definition) is 2. The van der Waals surface area contributed by atoms with Crippen molar-refractivity contribution >= 4 is 39.3 Å². The number of halogens is 1. The molecule has 11 heteroatoms. The monoisotopic (exact) mass is 485 g/mol. The Balaban J connectivity index is 1.25. The van der Waals surface area contributed by atoms with Crippen molar-refractivity contribution in [3.8, 4) is 11.4 Å². The number of H-pyrrole nitrogens is 1. The first-order chi connectivity index (χ1) is 14.7. The number of carbonyl (C=O) groups is 1. The van der Waals surface area contributed by atoms with E-state index in [4.69, 9.17) is 4.52 Å². The number of aromatic amines is 1. The minimum Gasteiger partial charge on any atom is -0.339 e. The third-order valence-corrected chi connectivity index (χ3v) is 5.31. The van der Waals surface area contributed by atoms with Gasteiger partial charge in [-0.1, -0.05) is 32.8 Å². The SMILES string of the molecule is O=C(CCc1nc(CSc2n[nH]c(-c3cccnc3)n2)no1)Nc1ccc(Br)cc1. The Kier molecular flexibility index (Phi) is 6.50. The molecule has 0 radical (unpaired) electrons. The molecule has 9 nitrogen and oxygen atoms in total. The van der Waals surface area contributed by atoms with Crippen LogP contribution in [0.25, 0.3) is 11.4 Å². The largest absolute Gasteiger partial charge is 0.339 e. The number of nitrogens with one attached hydrogen (secondary N) is 2. The molecule has 3 aromatic heterocycles. The summed E-state index contributed by atoms with van der Waals surface area (Å²) < 4.78 is 6.18. The van der Waals surface area contributed by atoms with Gasteiger partial charge in [-0.15, -0.1) is 5.10 Å². The number of aryl methyl sites for hydroxylation is 1. The van der Waals surface area contributed by atoms with E-state index in [-0.39, 0.29) is 12.3 Å². The highest BCUT2D eigenvalue weighted by molar-refractivity contribution is 9.10. The Bertz CT molecular complexity index is 1120. The molecule has 1 amide bonds. The van der Waals surface area contributed by atoms with Crippen molar-refractivity contribution in [3.63, 3.8) is 0 Å². The number of pyridine rings is 1. The Morgan fingerprint density at radius 1 is 1.20 bits per heavy atom. The summed E-state index contributed by atoms with van der Waals surface area (Å²) in [5, 5.41) is 14.4. The number of anilines is 1. The lowest BCUT2D eigenvalue weighted by Crippen LogP contribution is -2.12. The van der Waals surface area contributed by atoms with Crippen LogP contribution in [0, 0.1) is 0 Å². The van der Waals surface area contributed by atoms with Gasteiger partial charge in [0.05, 0.1) is 5.75 Å². The topological polar surface area (TPSA) is 122 Å². The van der Waals surface area contributed by atoms with Crippen LogP contribution in [0.5, 0.6) is 0 Å². The summed E-state index contributed by atoms with van der Waals surface area (Å²) in [6.45, 7) is 0. The van der Waals surface area contributed by atoms with E-state index >= 15 is 0 Å². The minimum absolute atomic E-state index is 0.116. The van der Waals surface area contributed by atoms with Crippen LogP contribution in [0.15, 0.2) is 62.9 Å². The third-order valence-electron chi connectivity index (χ3n) is 3.93. The standard InChI is InChI=1S/C19H16BrN7O2S/c20-13-3-5-14(6-4-13)22-16(28)7-8-17-23-15(27-29-17)11-30-19-24-18(25-26-19)12-2-1-9-21-10-12/h1-6,9-10H,7-8,11H2,(H,22,28)(H,24,25,26). The van der Waals surface area contributed by atoms with Crippen LogP contribution >= 0.6 is 27.7 Å². The van der Waals surface area contributed by atoms with Gasteiger partial charge in [-0.25, -0.2) is 4.98 Å². The summed E-state index contributed by atoms with van der Waals surface area (Å²) >= 11 is 4.75. The second-order valence-corrected chi connectivity index (χ2v) is 8.01. The molecule has 152 valence electrons. The highest BCUT2D eigenvalue weighted by Gasteiger charge is 2.12. The first-order valence-corrected chi connectivity index (χ1v) is 10.8. The Labute approximate surface area is 184 Å². The molecule has 4 aromatic rings. The van der Waals surface area contributed by atoms with E-state index in [1.165, 1.54) is 11.8 Å². The van der Waals surface area contributed by atoms with Gasteiger partial charge in [-0.05, 0) is 36.4 Å². The molecule has 0 aliphatic heterocycles. The van der Waals surface area contributed by atoms with Gasteiger partial charge in [-0.3, -0.25) is 14.9 Å². The molecular formula is C19H16BrN7O2S. The molecule has 30 heavy (non-hydrogen) atoms. The molecule has 0 saturated carbocycles. The molecule has 1 aromatic carbocycles. The molecule has 0 spiro atoms. The summed E-state index contributed by atoms with van der Waals surface area (Å²) in [6, 6.07) is 11.1. The van der Waals surface area contributed by atoms with Gasteiger partial charge in [0.2, 0.25) is 17.0 Å². The molecule has 0 bridgehead atoms. The number of nitrogens with zero attached hydrogens (tertiary/aromatic N) is 5. The number of hydrogen-bond acceptors (Lipinski definition) is 8. The van der Waals surface area contributed by atoms with Crippen molar-refractivity contribution in [3.05, 3.63) is 65.0 Å². The maximum Gasteiger partial charge on any atom is 0.227 e. The molecule has 0 fully saturated rings. The molecule has 0 aliphatic rings. The zero-order valence-electron chi connectivity index (χ0n) is 15.6. The average Bonchev–Trinajstić information content (AvgIpc) is 3.43. The van der Waals surface area contributed by atoms with E-state index in [2.05, 4.69) is 51.6 Å². The van der Waals surface area contributed by atoms with Gasteiger partial charge in [-0.2, -0.15) is 4.98 Å². The molecule has 0 unspecified atom stereocenters. The fraction of sp³-hybridized carbons (Fsp3) is 0.158. The number of rotatable bonds is 8. The smallest absolute Gasteiger partial charge is 0.227 e. The number of carbonyl (C=O) groups excluding carboxylic acids is 1. The molecule has 3 heterocycles. The van der Waals surface area contributed by atoms with Crippen molar-refractivity contribution in [2.75, 3.05) is 5.32 Å². The second kappa shape index (κ2) is 9.63. The van der Waals surface area contributed by atoms with Crippen LogP contribution in [0.4, 0.5) is 5.69 Å². The molecule has 2 N–H and O–H groups in total. The summed E-state index contributed by atoms with van der Waals surface area (Å²) in [5.41, 5.74) is 1.60.